The fraction of sp³-hybridized carbons (Fsp3) is 0.273. The van der Waals surface area contributed by atoms with Crippen molar-refractivity contribution in [1.82, 2.24) is 5.32 Å². The quantitative estimate of drug-likeness (QED) is 0.689. The van der Waals surface area contributed by atoms with Gasteiger partial charge in [-0.05, 0) is 48.7 Å². The SMILES string of the molecule is O=C(/C=C/c1cccc(C(F)(F)F)c1)Nc1ccccc1C(=O)NCC1CCCO1. The average Bonchev–Trinajstić information content (AvgIpc) is 3.24. The van der Waals surface area contributed by atoms with Crippen LogP contribution < -0.4 is 10.6 Å². The van der Waals surface area contributed by atoms with Crippen LogP contribution in [0.15, 0.2) is 54.6 Å². The molecule has 1 unspecified atom stereocenters. The van der Waals surface area contributed by atoms with Crippen LogP contribution in [0, 0.1) is 0 Å². The molecule has 1 saturated heterocycles. The van der Waals surface area contributed by atoms with E-state index in [1.807, 2.05) is 0 Å². The lowest BCUT2D eigenvalue weighted by Gasteiger charge is -2.13. The zero-order valence-electron chi connectivity index (χ0n) is 16.0. The minimum Gasteiger partial charge on any atom is -0.376 e. The zero-order valence-corrected chi connectivity index (χ0v) is 16.0. The first-order valence-electron chi connectivity index (χ1n) is 9.48. The minimum atomic E-state index is -4.46. The summed E-state index contributed by atoms with van der Waals surface area (Å²) in [7, 11) is 0. The Kier molecular flexibility index (Phi) is 6.89. The molecule has 0 bridgehead atoms. The molecule has 2 amide bonds. The van der Waals surface area contributed by atoms with E-state index in [1.54, 1.807) is 24.3 Å². The van der Waals surface area contributed by atoms with Crippen molar-refractivity contribution in [1.29, 1.82) is 0 Å². The second kappa shape index (κ2) is 9.58. The smallest absolute Gasteiger partial charge is 0.376 e. The number of rotatable bonds is 6. The Hall–Kier alpha value is -3.13. The monoisotopic (exact) mass is 418 g/mol. The summed E-state index contributed by atoms with van der Waals surface area (Å²) in [5, 5.41) is 5.39. The van der Waals surface area contributed by atoms with Crippen LogP contribution in [0.1, 0.15) is 34.3 Å². The molecule has 0 aromatic heterocycles. The second-order valence-electron chi connectivity index (χ2n) is 6.84. The molecule has 0 aliphatic carbocycles. The van der Waals surface area contributed by atoms with Gasteiger partial charge in [0.15, 0.2) is 0 Å². The van der Waals surface area contributed by atoms with Crippen molar-refractivity contribution in [3.8, 4) is 0 Å². The summed E-state index contributed by atoms with van der Waals surface area (Å²) in [6.07, 6.45) is -0.209. The van der Waals surface area contributed by atoms with Gasteiger partial charge in [0.1, 0.15) is 0 Å². The van der Waals surface area contributed by atoms with Crippen molar-refractivity contribution in [3.05, 3.63) is 71.3 Å². The van der Waals surface area contributed by atoms with Gasteiger partial charge in [0.2, 0.25) is 5.91 Å². The van der Waals surface area contributed by atoms with Gasteiger partial charge in [0.25, 0.3) is 5.91 Å². The molecule has 1 aliphatic heterocycles. The zero-order chi connectivity index (χ0) is 21.6. The maximum atomic E-state index is 12.8. The lowest BCUT2D eigenvalue weighted by atomic mass is 10.1. The standard InChI is InChI=1S/C22H21F3N2O3/c23-22(24,25)16-6-3-5-15(13-16)10-11-20(28)27-19-9-2-1-8-18(19)21(29)26-14-17-7-4-12-30-17/h1-3,5-6,8-11,13,17H,4,7,12,14H2,(H,26,29)(H,27,28)/b11-10+. The first-order chi connectivity index (χ1) is 14.3. The number of hydrogen-bond acceptors (Lipinski definition) is 3. The normalized spacial score (nSPS) is 16.6. The lowest BCUT2D eigenvalue weighted by Crippen LogP contribution is -2.32. The molecule has 158 valence electrons. The Morgan fingerprint density at radius 3 is 2.67 bits per heavy atom. The van der Waals surface area contributed by atoms with Crippen molar-refractivity contribution >= 4 is 23.6 Å². The third-order valence-corrected chi connectivity index (χ3v) is 4.58. The van der Waals surface area contributed by atoms with Gasteiger partial charge in [0.05, 0.1) is 22.9 Å². The predicted octanol–water partition coefficient (Wildman–Crippen LogP) is 4.27. The number of halogens is 3. The largest absolute Gasteiger partial charge is 0.416 e. The van der Waals surface area contributed by atoms with E-state index in [0.29, 0.717) is 18.8 Å². The number of alkyl halides is 3. The summed E-state index contributed by atoms with van der Waals surface area (Å²) in [5.74, 6) is -0.907. The molecular formula is C22H21F3N2O3. The Morgan fingerprint density at radius 2 is 1.93 bits per heavy atom. The molecule has 2 aromatic rings. The second-order valence-corrected chi connectivity index (χ2v) is 6.84. The number of benzene rings is 2. The third-order valence-electron chi connectivity index (χ3n) is 4.58. The number of nitrogens with one attached hydrogen (secondary N) is 2. The fourth-order valence-corrected chi connectivity index (χ4v) is 3.06. The summed E-state index contributed by atoms with van der Waals surface area (Å²) in [6.45, 7) is 1.07. The van der Waals surface area contributed by atoms with Crippen molar-refractivity contribution < 1.29 is 27.5 Å². The van der Waals surface area contributed by atoms with Crippen LogP contribution in [-0.2, 0) is 15.7 Å². The van der Waals surface area contributed by atoms with E-state index < -0.39 is 17.6 Å². The number of carbonyl (C=O) groups is 2. The molecule has 0 radical (unpaired) electrons. The summed E-state index contributed by atoms with van der Waals surface area (Å²) in [6, 6.07) is 11.2. The van der Waals surface area contributed by atoms with E-state index >= 15 is 0 Å². The number of hydrogen-bond donors (Lipinski definition) is 2. The number of carbonyl (C=O) groups excluding carboxylic acids is 2. The van der Waals surface area contributed by atoms with E-state index in [2.05, 4.69) is 10.6 Å². The molecule has 1 aliphatic rings. The highest BCUT2D eigenvalue weighted by molar-refractivity contribution is 6.07. The van der Waals surface area contributed by atoms with Gasteiger partial charge >= 0.3 is 6.18 Å². The highest BCUT2D eigenvalue weighted by atomic mass is 19.4. The summed E-state index contributed by atoms with van der Waals surface area (Å²) < 4.78 is 43.8. The topological polar surface area (TPSA) is 67.4 Å². The van der Waals surface area contributed by atoms with Crippen LogP contribution in [0.2, 0.25) is 0 Å². The van der Waals surface area contributed by atoms with E-state index in [-0.39, 0.29) is 23.1 Å². The van der Waals surface area contributed by atoms with E-state index in [9.17, 15) is 22.8 Å². The summed E-state index contributed by atoms with van der Waals surface area (Å²) >= 11 is 0. The number of ether oxygens (including phenoxy) is 1. The van der Waals surface area contributed by atoms with Gasteiger partial charge in [-0.3, -0.25) is 9.59 Å². The summed E-state index contributed by atoms with van der Waals surface area (Å²) in [5.41, 5.74) is 0.0400. The van der Waals surface area contributed by atoms with Crippen molar-refractivity contribution in [2.75, 3.05) is 18.5 Å². The first kappa shape index (κ1) is 21.6. The minimum absolute atomic E-state index is 0.00824. The molecule has 1 heterocycles. The van der Waals surface area contributed by atoms with Crippen LogP contribution in [0.25, 0.3) is 6.08 Å². The molecule has 0 spiro atoms. The van der Waals surface area contributed by atoms with E-state index in [1.165, 1.54) is 18.2 Å². The highest BCUT2D eigenvalue weighted by Crippen LogP contribution is 2.29. The molecule has 1 fully saturated rings. The van der Waals surface area contributed by atoms with Crippen molar-refractivity contribution in [2.45, 2.75) is 25.1 Å². The first-order valence-corrected chi connectivity index (χ1v) is 9.48. The summed E-state index contributed by atoms with van der Waals surface area (Å²) in [4.78, 5) is 24.7. The van der Waals surface area contributed by atoms with Crippen LogP contribution >= 0.6 is 0 Å². The molecular weight excluding hydrogens is 397 g/mol. The van der Waals surface area contributed by atoms with Crippen LogP contribution in [0.5, 0.6) is 0 Å². The van der Waals surface area contributed by atoms with Crippen molar-refractivity contribution in [2.24, 2.45) is 0 Å². The molecule has 30 heavy (non-hydrogen) atoms. The maximum Gasteiger partial charge on any atom is 0.416 e. The Labute approximate surface area is 171 Å². The van der Waals surface area contributed by atoms with Crippen LogP contribution in [0.3, 0.4) is 0 Å². The lowest BCUT2D eigenvalue weighted by molar-refractivity contribution is -0.137. The Balaban J connectivity index is 1.64. The maximum absolute atomic E-state index is 12.8. The number of para-hydroxylation sites is 1. The van der Waals surface area contributed by atoms with Crippen LogP contribution in [-0.4, -0.2) is 31.1 Å². The predicted molar refractivity (Wildman–Crippen MR) is 107 cm³/mol. The molecule has 1 atom stereocenters. The van der Waals surface area contributed by atoms with Gasteiger partial charge in [-0.1, -0.05) is 24.3 Å². The van der Waals surface area contributed by atoms with E-state index in [0.717, 1.165) is 31.1 Å². The van der Waals surface area contributed by atoms with E-state index in [4.69, 9.17) is 4.74 Å². The van der Waals surface area contributed by atoms with Gasteiger partial charge in [0, 0.05) is 19.2 Å². The Morgan fingerprint density at radius 1 is 1.13 bits per heavy atom. The molecule has 3 rings (SSSR count). The molecule has 2 aromatic carbocycles. The van der Waals surface area contributed by atoms with Crippen LogP contribution in [0.4, 0.5) is 18.9 Å². The third kappa shape index (κ3) is 5.93. The highest BCUT2D eigenvalue weighted by Gasteiger charge is 2.30. The van der Waals surface area contributed by atoms with Gasteiger partial charge < -0.3 is 15.4 Å². The fourth-order valence-electron chi connectivity index (χ4n) is 3.06. The number of amides is 2. The van der Waals surface area contributed by atoms with Gasteiger partial charge in [-0.15, -0.1) is 0 Å². The van der Waals surface area contributed by atoms with Gasteiger partial charge in [-0.2, -0.15) is 13.2 Å². The average molecular weight is 418 g/mol. The molecule has 0 saturated carbocycles. The van der Waals surface area contributed by atoms with Gasteiger partial charge in [-0.25, -0.2) is 0 Å². The Bertz CT molecular complexity index is 935. The van der Waals surface area contributed by atoms with Crippen molar-refractivity contribution in [3.63, 3.8) is 0 Å². The number of anilines is 1. The molecule has 8 heteroatoms. The molecule has 2 N–H and O–H groups in total. The molecule has 5 nitrogen and oxygen atoms in total.